The van der Waals surface area contributed by atoms with Gasteiger partial charge in [0.15, 0.2) is 0 Å². The number of nitrogens with zero attached hydrogens (tertiary/aromatic N) is 5. The first-order chi connectivity index (χ1) is 16.2. The zero-order valence-corrected chi connectivity index (χ0v) is 19.8. The van der Waals surface area contributed by atoms with Crippen LogP contribution in [0.5, 0.6) is 11.6 Å². The fraction of sp³-hybridized carbons (Fsp3) is 0.250. The van der Waals surface area contributed by atoms with E-state index in [1.807, 2.05) is 13.8 Å². The maximum atomic E-state index is 12.2. The fourth-order valence-corrected chi connectivity index (χ4v) is 4.60. The first-order valence-corrected chi connectivity index (χ1v) is 12.3. The van der Waals surface area contributed by atoms with E-state index in [1.165, 1.54) is 10.6 Å². The molecule has 2 aromatic carbocycles. The SMILES string of the molecule is Cc1cc(C#N)cc(C)c1Oc1nc(Nc2ccc(C#N)cc2)nc2c1CN(S(C)(=O)=O)CC2. The molecule has 0 fully saturated rings. The van der Waals surface area contributed by atoms with Crippen molar-refractivity contribution >= 4 is 21.7 Å². The number of hydrogen-bond donors (Lipinski definition) is 1. The van der Waals surface area contributed by atoms with Crippen molar-refractivity contribution in [1.82, 2.24) is 14.3 Å². The van der Waals surface area contributed by atoms with E-state index < -0.39 is 10.0 Å². The highest BCUT2D eigenvalue weighted by molar-refractivity contribution is 7.88. The van der Waals surface area contributed by atoms with Crippen LogP contribution in [-0.2, 0) is 23.0 Å². The minimum Gasteiger partial charge on any atom is -0.438 e. The number of hydrogen-bond acceptors (Lipinski definition) is 8. The first kappa shape index (κ1) is 23.2. The molecule has 0 saturated heterocycles. The Bertz CT molecular complexity index is 1430. The van der Waals surface area contributed by atoms with Crippen LogP contribution in [0.3, 0.4) is 0 Å². The summed E-state index contributed by atoms with van der Waals surface area (Å²) in [7, 11) is -3.40. The van der Waals surface area contributed by atoms with Crippen LogP contribution >= 0.6 is 0 Å². The van der Waals surface area contributed by atoms with Crippen molar-refractivity contribution in [2.45, 2.75) is 26.8 Å². The molecule has 0 saturated carbocycles. The van der Waals surface area contributed by atoms with Gasteiger partial charge in [0.2, 0.25) is 21.9 Å². The Labute approximate surface area is 198 Å². The van der Waals surface area contributed by atoms with Crippen molar-refractivity contribution in [3.8, 4) is 23.8 Å². The fourth-order valence-electron chi connectivity index (χ4n) is 3.81. The third-order valence-corrected chi connectivity index (χ3v) is 6.76. The summed E-state index contributed by atoms with van der Waals surface area (Å²) in [5.74, 6) is 1.11. The van der Waals surface area contributed by atoms with E-state index in [1.54, 1.807) is 36.4 Å². The molecule has 9 nitrogen and oxygen atoms in total. The number of aromatic nitrogens is 2. The smallest absolute Gasteiger partial charge is 0.230 e. The predicted molar refractivity (Wildman–Crippen MR) is 126 cm³/mol. The van der Waals surface area contributed by atoms with Crippen molar-refractivity contribution in [2.24, 2.45) is 0 Å². The third kappa shape index (κ3) is 4.84. The molecule has 34 heavy (non-hydrogen) atoms. The predicted octanol–water partition coefficient (Wildman–Crippen LogP) is 3.69. The average molecular weight is 475 g/mol. The van der Waals surface area contributed by atoms with Gasteiger partial charge in [0.25, 0.3) is 0 Å². The summed E-state index contributed by atoms with van der Waals surface area (Å²) in [6.45, 7) is 4.10. The van der Waals surface area contributed by atoms with Crippen LogP contribution in [0.1, 0.15) is 33.5 Å². The number of fused-ring (bicyclic) bond motifs is 1. The standard InChI is InChI=1S/C24H22N6O3S/c1-15-10-18(13-26)11-16(2)22(15)33-23-20-14-30(34(3,31)32)9-8-21(20)28-24(29-23)27-19-6-4-17(12-25)5-7-19/h4-7,10-11H,8-9,14H2,1-3H3,(H,27,28,29). The van der Waals surface area contributed by atoms with Crippen molar-refractivity contribution in [1.29, 1.82) is 10.5 Å². The highest BCUT2D eigenvalue weighted by atomic mass is 32.2. The number of nitriles is 2. The Morgan fingerprint density at radius 1 is 1.03 bits per heavy atom. The summed E-state index contributed by atoms with van der Waals surface area (Å²) in [5.41, 5.74) is 4.59. The monoisotopic (exact) mass is 474 g/mol. The average Bonchev–Trinajstić information content (AvgIpc) is 2.80. The summed E-state index contributed by atoms with van der Waals surface area (Å²) in [6.07, 6.45) is 1.59. The molecule has 0 aliphatic carbocycles. The largest absolute Gasteiger partial charge is 0.438 e. The van der Waals surface area contributed by atoms with Gasteiger partial charge in [0.1, 0.15) is 5.75 Å². The van der Waals surface area contributed by atoms with E-state index in [-0.39, 0.29) is 12.4 Å². The van der Waals surface area contributed by atoms with Gasteiger partial charge < -0.3 is 10.1 Å². The van der Waals surface area contributed by atoms with Crippen molar-refractivity contribution in [3.05, 3.63) is 69.9 Å². The Balaban J connectivity index is 1.77. The van der Waals surface area contributed by atoms with E-state index in [9.17, 15) is 13.7 Å². The van der Waals surface area contributed by atoms with E-state index in [4.69, 9.17) is 10.00 Å². The third-order valence-electron chi connectivity index (χ3n) is 5.51. The van der Waals surface area contributed by atoms with Gasteiger partial charge in [-0.3, -0.25) is 0 Å². The summed E-state index contributed by atoms with van der Waals surface area (Å²) >= 11 is 0. The second-order valence-electron chi connectivity index (χ2n) is 8.09. The molecule has 3 aromatic rings. The molecule has 1 aliphatic heterocycles. The number of nitrogens with one attached hydrogen (secondary N) is 1. The van der Waals surface area contributed by atoms with Crippen molar-refractivity contribution < 1.29 is 13.2 Å². The van der Waals surface area contributed by atoms with Crippen molar-refractivity contribution in [3.63, 3.8) is 0 Å². The molecule has 172 valence electrons. The summed E-state index contributed by atoms with van der Waals surface area (Å²) < 4.78 is 32.0. The van der Waals surface area contributed by atoms with Crippen LogP contribution in [0, 0.1) is 36.5 Å². The number of ether oxygens (including phenoxy) is 1. The maximum absolute atomic E-state index is 12.2. The van der Waals surface area contributed by atoms with Crippen LogP contribution in [0.4, 0.5) is 11.6 Å². The Kier molecular flexibility index (Phi) is 6.20. The molecule has 0 unspecified atom stereocenters. The topological polar surface area (TPSA) is 132 Å². The molecule has 1 aromatic heterocycles. The second kappa shape index (κ2) is 9.10. The molecule has 4 rings (SSSR count). The highest BCUT2D eigenvalue weighted by Gasteiger charge is 2.29. The molecular weight excluding hydrogens is 452 g/mol. The lowest BCUT2D eigenvalue weighted by Gasteiger charge is -2.27. The zero-order valence-electron chi connectivity index (χ0n) is 19.0. The van der Waals surface area contributed by atoms with Gasteiger partial charge in [-0.2, -0.15) is 19.8 Å². The van der Waals surface area contributed by atoms with Gasteiger partial charge in [0.05, 0.1) is 40.8 Å². The lowest BCUT2D eigenvalue weighted by atomic mass is 10.1. The minimum atomic E-state index is -3.40. The lowest BCUT2D eigenvalue weighted by molar-refractivity contribution is 0.371. The van der Waals surface area contributed by atoms with Crippen molar-refractivity contribution in [2.75, 3.05) is 18.1 Å². The van der Waals surface area contributed by atoms with Gasteiger partial charge in [-0.05, 0) is 61.4 Å². The Morgan fingerprint density at radius 3 is 2.26 bits per heavy atom. The van der Waals surface area contributed by atoms with E-state index in [0.29, 0.717) is 52.7 Å². The number of aryl methyl sites for hydroxylation is 2. The molecular formula is C24H22N6O3S. The van der Waals surface area contributed by atoms with Crippen LogP contribution in [0.2, 0.25) is 0 Å². The van der Waals surface area contributed by atoms with E-state index >= 15 is 0 Å². The molecule has 1 aliphatic rings. The summed E-state index contributed by atoms with van der Waals surface area (Å²) in [4.78, 5) is 9.17. The zero-order chi connectivity index (χ0) is 24.5. The summed E-state index contributed by atoms with van der Waals surface area (Å²) in [6, 6.07) is 14.5. The quantitative estimate of drug-likeness (QED) is 0.592. The molecule has 0 spiro atoms. The first-order valence-electron chi connectivity index (χ1n) is 10.5. The number of sulfonamides is 1. The number of rotatable bonds is 5. The van der Waals surface area contributed by atoms with Gasteiger partial charge in [-0.1, -0.05) is 0 Å². The van der Waals surface area contributed by atoms with E-state index in [2.05, 4.69) is 27.4 Å². The molecule has 1 N–H and O–H groups in total. The van der Waals surface area contributed by atoms with E-state index in [0.717, 1.165) is 11.1 Å². The molecule has 0 bridgehead atoms. The lowest BCUT2D eigenvalue weighted by Crippen LogP contribution is -2.36. The molecule has 2 heterocycles. The van der Waals surface area contributed by atoms with Crippen LogP contribution < -0.4 is 10.1 Å². The number of benzene rings is 2. The molecule has 0 radical (unpaired) electrons. The van der Waals surface area contributed by atoms with Crippen LogP contribution in [-0.4, -0.2) is 35.5 Å². The van der Waals surface area contributed by atoms with Gasteiger partial charge in [-0.25, -0.2) is 13.4 Å². The second-order valence-corrected chi connectivity index (χ2v) is 10.1. The molecule has 10 heteroatoms. The Hall–Kier alpha value is -3.99. The Morgan fingerprint density at radius 2 is 1.68 bits per heavy atom. The van der Waals surface area contributed by atoms with Crippen LogP contribution in [0.15, 0.2) is 36.4 Å². The number of anilines is 2. The van der Waals surface area contributed by atoms with Crippen LogP contribution in [0.25, 0.3) is 0 Å². The minimum absolute atomic E-state index is 0.106. The highest BCUT2D eigenvalue weighted by Crippen LogP contribution is 2.35. The maximum Gasteiger partial charge on any atom is 0.230 e. The van der Waals surface area contributed by atoms with Gasteiger partial charge in [-0.15, -0.1) is 0 Å². The van der Waals surface area contributed by atoms with Gasteiger partial charge >= 0.3 is 0 Å². The van der Waals surface area contributed by atoms with Gasteiger partial charge in [0, 0.05) is 25.2 Å². The molecule has 0 amide bonds. The molecule has 0 atom stereocenters. The normalized spacial score (nSPS) is 13.4. The summed E-state index contributed by atoms with van der Waals surface area (Å²) in [5, 5.41) is 21.4.